The third-order valence-electron chi connectivity index (χ3n) is 6.39. The number of halogens is 1. The average molecular weight is 489 g/mol. The highest BCUT2D eigenvalue weighted by Gasteiger charge is 2.49. The first-order chi connectivity index (χ1) is 16.8. The van der Waals surface area contributed by atoms with Gasteiger partial charge in [-0.05, 0) is 73.2 Å². The Morgan fingerprint density at radius 2 is 1.91 bits per heavy atom. The molecule has 0 fully saturated rings. The molecule has 1 aliphatic heterocycles. The minimum atomic E-state index is -1.23. The number of benzene rings is 2. The molecule has 8 heteroatoms. The van der Waals surface area contributed by atoms with E-state index in [0.29, 0.717) is 17.1 Å². The topological polar surface area (TPSA) is 67.2 Å². The number of thiophene rings is 1. The van der Waals surface area contributed by atoms with Gasteiger partial charge in [0, 0.05) is 12.2 Å². The zero-order valence-electron chi connectivity index (χ0n) is 19.7. The molecule has 6 nitrogen and oxygen atoms in total. The Labute approximate surface area is 207 Å². The first-order valence-corrected chi connectivity index (χ1v) is 12.2. The summed E-state index contributed by atoms with van der Waals surface area (Å²) in [5.41, 5.74) is 3.27. The molecule has 0 spiro atoms. The second-order valence-corrected chi connectivity index (χ2v) is 10.0. The molecule has 5 rings (SSSR count). The van der Waals surface area contributed by atoms with Gasteiger partial charge < -0.3 is 5.32 Å². The quantitative estimate of drug-likeness (QED) is 0.425. The van der Waals surface area contributed by atoms with Crippen molar-refractivity contribution in [3.8, 4) is 10.6 Å². The molecular formula is C27H25FN4O2S. The molecule has 0 saturated heterocycles. The standard InChI is InChI=1S/C27H25FN4O2S/c1-17-6-7-18(2)22(13-17)32-25(33)23-14-21(24-5-4-12-35-24)30-31(23)16-27(32,3)26(34)29-15-19-8-10-20(28)11-9-19/h4-14H,15-16H2,1-3H3,(H,29,34)/t27-/m0/s1. The molecule has 0 bridgehead atoms. The summed E-state index contributed by atoms with van der Waals surface area (Å²) in [6.45, 7) is 6.07. The van der Waals surface area contributed by atoms with Gasteiger partial charge in [0.2, 0.25) is 5.91 Å². The van der Waals surface area contributed by atoms with Crippen molar-refractivity contribution in [2.75, 3.05) is 4.90 Å². The van der Waals surface area contributed by atoms with Crippen LogP contribution in [0.3, 0.4) is 0 Å². The molecule has 0 unspecified atom stereocenters. The number of hydrogen-bond donors (Lipinski definition) is 1. The van der Waals surface area contributed by atoms with Gasteiger partial charge >= 0.3 is 0 Å². The number of carbonyl (C=O) groups excluding carboxylic acids is 2. The Kier molecular flexibility index (Phi) is 5.76. The number of aryl methyl sites for hydroxylation is 2. The zero-order valence-corrected chi connectivity index (χ0v) is 20.5. The number of rotatable bonds is 5. The van der Waals surface area contributed by atoms with Crippen LogP contribution in [-0.2, 0) is 17.9 Å². The fourth-order valence-corrected chi connectivity index (χ4v) is 5.12. The zero-order chi connectivity index (χ0) is 24.7. The molecule has 0 aliphatic carbocycles. The molecule has 0 saturated carbocycles. The van der Waals surface area contributed by atoms with E-state index < -0.39 is 5.54 Å². The lowest BCUT2D eigenvalue weighted by molar-refractivity contribution is -0.126. The molecular weight excluding hydrogens is 463 g/mol. The van der Waals surface area contributed by atoms with E-state index in [-0.39, 0.29) is 30.7 Å². The molecule has 1 N–H and O–H groups in total. The Bertz CT molecular complexity index is 1410. The molecule has 3 heterocycles. The summed E-state index contributed by atoms with van der Waals surface area (Å²) in [5, 5.41) is 9.59. The van der Waals surface area contributed by atoms with Crippen LogP contribution in [-0.4, -0.2) is 27.1 Å². The van der Waals surface area contributed by atoms with Crippen molar-refractivity contribution < 1.29 is 14.0 Å². The minimum Gasteiger partial charge on any atom is -0.350 e. The highest BCUT2D eigenvalue weighted by atomic mass is 32.1. The van der Waals surface area contributed by atoms with E-state index >= 15 is 0 Å². The monoisotopic (exact) mass is 488 g/mol. The maximum Gasteiger partial charge on any atom is 0.277 e. The third kappa shape index (κ3) is 4.14. The highest BCUT2D eigenvalue weighted by molar-refractivity contribution is 7.13. The fourth-order valence-electron chi connectivity index (χ4n) is 4.44. The summed E-state index contributed by atoms with van der Waals surface area (Å²) >= 11 is 1.55. The SMILES string of the molecule is Cc1ccc(C)c(N2C(=O)c3cc(-c4cccs4)nn3C[C@@]2(C)C(=O)NCc2ccc(F)cc2)c1. The Hall–Kier alpha value is -3.78. The molecule has 2 aromatic heterocycles. The summed E-state index contributed by atoms with van der Waals surface area (Å²) in [7, 11) is 0. The van der Waals surface area contributed by atoms with Crippen molar-refractivity contribution in [3.05, 3.63) is 94.2 Å². The number of amides is 2. The summed E-state index contributed by atoms with van der Waals surface area (Å²) in [6, 6.07) is 17.5. The maximum atomic E-state index is 13.9. The van der Waals surface area contributed by atoms with Crippen molar-refractivity contribution in [1.82, 2.24) is 15.1 Å². The van der Waals surface area contributed by atoms with Crippen LogP contribution >= 0.6 is 11.3 Å². The van der Waals surface area contributed by atoms with E-state index in [1.54, 1.807) is 46.0 Å². The normalized spacial score (nSPS) is 17.4. The van der Waals surface area contributed by atoms with Gasteiger partial charge in [0.25, 0.3) is 5.91 Å². The number of fused-ring (bicyclic) bond motifs is 1. The van der Waals surface area contributed by atoms with Gasteiger partial charge in [0.05, 0.1) is 11.4 Å². The number of nitrogens with one attached hydrogen (secondary N) is 1. The summed E-state index contributed by atoms with van der Waals surface area (Å²) in [5.74, 6) is -0.923. The second kappa shape index (κ2) is 8.78. The van der Waals surface area contributed by atoms with E-state index in [4.69, 9.17) is 0 Å². The number of anilines is 1. The van der Waals surface area contributed by atoms with Gasteiger partial charge in [0.1, 0.15) is 22.7 Å². The smallest absolute Gasteiger partial charge is 0.277 e. The molecule has 2 aromatic carbocycles. The Morgan fingerprint density at radius 1 is 1.14 bits per heavy atom. The van der Waals surface area contributed by atoms with Crippen LogP contribution in [0.1, 0.15) is 34.1 Å². The lowest BCUT2D eigenvalue weighted by atomic mass is 9.92. The van der Waals surface area contributed by atoms with Gasteiger partial charge in [-0.2, -0.15) is 5.10 Å². The van der Waals surface area contributed by atoms with Gasteiger partial charge in [-0.25, -0.2) is 4.39 Å². The van der Waals surface area contributed by atoms with Crippen molar-refractivity contribution in [2.45, 2.75) is 39.4 Å². The predicted molar refractivity (Wildman–Crippen MR) is 135 cm³/mol. The third-order valence-corrected chi connectivity index (χ3v) is 7.28. The summed E-state index contributed by atoms with van der Waals surface area (Å²) < 4.78 is 14.9. The first-order valence-electron chi connectivity index (χ1n) is 11.3. The van der Waals surface area contributed by atoms with Gasteiger partial charge in [-0.15, -0.1) is 11.3 Å². The van der Waals surface area contributed by atoms with Gasteiger partial charge in [-0.1, -0.05) is 30.3 Å². The largest absolute Gasteiger partial charge is 0.350 e. The van der Waals surface area contributed by atoms with E-state index in [9.17, 15) is 14.0 Å². The molecule has 1 aliphatic rings. The molecule has 0 radical (unpaired) electrons. The molecule has 1 atom stereocenters. The Balaban J connectivity index is 1.56. The van der Waals surface area contributed by atoms with E-state index in [1.807, 2.05) is 49.6 Å². The van der Waals surface area contributed by atoms with Crippen LogP contribution in [0.2, 0.25) is 0 Å². The van der Waals surface area contributed by atoms with Crippen molar-refractivity contribution in [3.63, 3.8) is 0 Å². The number of hydrogen-bond acceptors (Lipinski definition) is 4. The number of nitrogens with zero attached hydrogens (tertiary/aromatic N) is 3. The van der Waals surface area contributed by atoms with Crippen LogP contribution in [0.4, 0.5) is 10.1 Å². The van der Waals surface area contributed by atoms with Gasteiger partial charge in [0.15, 0.2) is 0 Å². The number of aromatic nitrogens is 2. The maximum absolute atomic E-state index is 13.9. The summed E-state index contributed by atoms with van der Waals surface area (Å²) in [6.07, 6.45) is 0. The molecule has 2 amide bonds. The van der Waals surface area contributed by atoms with Crippen molar-refractivity contribution in [1.29, 1.82) is 0 Å². The molecule has 4 aromatic rings. The average Bonchev–Trinajstić information content (AvgIpc) is 3.51. The van der Waals surface area contributed by atoms with Crippen LogP contribution in [0.5, 0.6) is 0 Å². The Morgan fingerprint density at radius 3 is 2.63 bits per heavy atom. The van der Waals surface area contributed by atoms with E-state index in [1.165, 1.54) is 12.1 Å². The van der Waals surface area contributed by atoms with Gasteiger partial charge in [-0.3, -0.25) is 19.2 Å². The molecule has 35 heavy (non-hydrogen) atoms. The second-order valence-electron chi connectivity index (χ2n) is 9.06. The van der Waals surface area contributed by atoms with Crippen LogP contribution in [0.25, 0.3) is 10.6 Å². The lowest BCUT2D eigenvalue weighted by Gasteiger charge is -2.43. The highest BCUT2D eigenvalue weighted by Crippen LogP contribution is 2.36. The lowest BCUT2D eigenvalue weighted by Crippen LogP contribution is -2.64. The first kappa shape index (κ1) is 23.0. The molecule has 178 valence electrons. The van der Waals surface area contributed by atoms with Crippen LogP contribution < -0.4 is 10.2 Å². The van der Waals surface area contributed by atoms with E-state index in [2.05, 4.69) is 10.4 Å². The van der Waals surface area contributed by atoms with E-state index in [0.717, 1.165) is 21.6 Å². The van der Waals surface area contributed by atoms with Crippen molar-refractivity contribution >= 4 is 28.8 Å². The summed E-state index contributed by atoms with van der Waals surface area (Å²) in [4.78, 5) is 30.2. The minimum absolute atomic E-state index is 0.197. The number of carbonyl (C=O) groups is 2. The fraction of sp³-hybridized carbons (Fsp3) is 0.222. The predicted octanol–water partition coefficient (Wildman–Crippen LogP) is 5.10. The van der Waals surface area contributed by atoms with Crippen LogP contribution in [0, 0.1) is 19.7 Å². The van der Waals surface area contributed by atoms with Crippen molar-refractivity contribution in [2.24, 2.45) is 0 Å². The van der Waals surface area contributed by atoms with Crippen LogP contribution in [0.15, 0.2) is 66.0 Å².